The molecule has 0 heterocycles. The Morgan fingerprint density at radius 1 is 1.43 bits per heavy atom. The van der Waals surface area contributed by atoms with Crippen molar-refractivity contribution in [2.75, 3.05) is 7.11 Å². The van der Waals surface area contributed by atoms with Gasteiger partial charge in [-0.1, -0.05) is 19.1 Å². The third-order valence-corrected chi connectivity index (χ3v) is 5.17. The summed E-state index contributed by atoms with van der Waals surface area (Å²) >= 11 is 0. The lowest BCUT2D eigenvalue weighted by molar-refractivity contribution is -0.121. The van der Waals surface area contributed by atoms with Crippen molar-refractivity contribution in [3.63, 3.8) is 0 Å². The molecule has 2 atom stereocenters. The normalized spacial score (nSPS) is 14.3. The van der Waals surface area contributed by atoms with Crippen LogP contribution in [0.15, 0.2) is 24.3 Å². The largest absolute Gasteiger partial charge is 0.497 e. The summed E-state index contributed by atoms with van der Waals surface area (Å²) in [5.74, 6) is 0.912. The number of methoxy groups -OCH3 is 1. The van der Waals surface area contributed by atoms with E-state index in [9.17, 15) is 9.00 Å². The molecule has 118 valence electrons. The summed E-state index contributed by atoms with van der Waals surface area (Å²) < 4.78 is 17.5. The first-order valence-corrected chi connectivity index (χ1v) is 8.49. The highest BCUT2D eigenvalue weighted by Crippen LogP contribution is 2.16. The molecule has 1 N–H and O–H groups in total. The lowest BCUT2D eigenvalue weighted by Gasteiger charge is -2.26. The van der Waals surface area contributed by atoms with Crippen molar-refractivity contribution in [1.82, 2.24) is 5.32 Å². The van der Waals surface area contributed by atoms with Crippen molar-refractivity contribution >= 4 is 16.7 Å². The van der Waals surface area contributed by atoms with Crippen LogP contribution in [0.5, 0.6) is 5.75 Å². The second-order valence-electron chi connectivity index (χ2n) is 5.75. The van der Waals surface area contributed by atoms with E-state index in [4.69, 9.17) is 4.74 Å². The number of benzene rings is 1. The van der Waals surface area contributed by atoms with Gasteiger partial charge in [-0.25, -0.2) is 0 Å². The van der Waals surface area contributed by atoms with Gasteiger partial charge in [0.15, 0.2) is 0 Å². The molecule has 0 aromatic heterocycles. The van der Waals surface area contributed by atoms with E-state index in [1.807, 2.05) is 45.0 Å². The van der Waals surface area contributed by atoms with Gasteiger partial charge in [0, 0.05) is 22.1 Å². The first-order valence-electron chi connectivity index (χ1n) is 7.11. The van der Waals surface area contributed by atoms with Crippen LogP contribution in [-0.2, 0) is 21.3 Å². The summed E-state index contributed by atoms with van der Waals surface area (Å²) in [7, 11) is 0.336. The Balaban J connectivity index is 2.68. The third kappa shape index (κ3) is 5.50. The molecule has 0 radical (unpaired) electrons. The molecule has 1 aromatic carbocycles. The van der Waals surface area contributed by atoms with Gasteiger partial charge in [0.05, 0.1) is 7.11 Å². The molecular weight excluding hydrogens is 286 g/mol. The summed E-state index contributed by atoms with van der Waals surface area (Å²) in [4.78, 5) is 12.1. The highest BCUT2D eigenvalue weighted by Gasteiger charge is 2.25. The van der Waals surface area contributed by atoms with Gasteiger partial charge in [0.2, 0.25) is 5.91 Å². The molecule has 1 rings (SSSR count). The number of carbonyl (C=O) groups is 1. The van der Waals surface area contributed by atoms with Crippen molar-refractivity contribution in [2.24, 2.45) is 0 Å². The van der Waals surface area contributed by atoms with Crippen LogP contribution in [0.1, 0.15) is 39.7 Å². The second kappa shape index (κ2) is 7.59. The summed E-state index contributed by atoms with van der Waals surface area (Å²) in [6.45, 7) is 7.64. The molecule has 0 spiro atoms. The van der Waals surface area contributed by atoms with Crippen molar-refractivity contribution in [2.45, 2.75) is 50.7 Å². The number of carbonyl (C=O) groups excluding carboxylic acids is 1. The van der Waals surface area contributed by atoms with Crippen molar-refractivity contribution in [3.8, 4) is 5.75 Å². The van der Waals surface area contributed by atoms with Gasteiger partial charge in [-0.15, -0.1) is 0 Å². The minimum Gasteiger partial charge on any atom is -0.497 e. The molecule has 1 aromatic rings. The molecule has 0 aliphatic heterocycles. The molecular formula is C16H25NO3S. The summed E-state index contributed by atoms with van der Waals surface area (Å²) in [5.41, 5.74) is 0.632. The number of rotatable bonds is 7. The average molecular weight is 311 g/mol. The minimum atomic E-state index is -1.26. The molecule has 0 saturated heterocycles. The Bertz CT molecular complexity index is 514. The average Bonchev–Trinajstić information content (AvgIpc) is 2.46. The van der Waals surface area contributed by atoms with E-state index in [2.05, 4.69) is 5.32 Å². The smallest absolute Gasteiger partial charge is 0.235 e. The van der Waals surface area contributed by atoms with E-state index in [0.29, 0.717) is 5.75 Å². The minimum absolute atomic E-state index is 0.164. The Morgan fingerprint density at radius 3 is 2.67 bits per heavy atom. The van der Waals surface area contributed by atoms with Crippen molar-refractivity contribution < 1.29 is 13.7 Å². The summed E-state index contributed by atoms with van der Waals surface area (Å²) in [6.07, 6.45) is 0.827. The molecule has 0 aliphatic rings. The highest BCUT2D eigenvalue weighted by molar-refractivity contribution is 7.85. The predicted molar refractivity (Wildman–Crippen MR) is 86.8 cm³/mol. The maximum Gasteiger partial charge on any atom is 0.235 e. The van der Waals surface area contributed by atoms with Gasteiger partial charge in [-0.3, -0.25) is 9.00 Å². The van der Waals surface area contributed by atoms with Gasteiger partial charge in [0.1, 0.15) is 11.0 Å². The maximum absolute atomic E-state index is 12.3. The first-order chi connectivity index (χ1) is 9.79. The molecule has 0 bridgehead atoms. The fourth-order valence-corrected chi connectivity index (χ4v) is 2.75. The van der Waals surface area contributed by atoms with Crippen LogP contribution in [0.4, 0.5) is 0 Å². The van der Waals surface area contributed by atoms with Gasteiger partial charge >= 0.3 is 0 Å². The fraction of sp³-hybridized carbons (Fsp3) is 0.562. The Kier molecular flexibility index (Phi) is 6.40. The van der Waals surface area contributed by atoms with Crippen LogP contribution in [0.25, 0.3) is 0 Å². The van der Waals surface area contributed by atoms with Crippen LogP contribution in [0, 0.1) is 0 Å². The van der Waals surface area contributed by atoms with Crippen molar-refractivity contribution in [1.29, 1.82) is 0 Å². The monoisotopic (exact) mass is 311 g/mol. The molecule has 0 fully saturated rings. The third-order valence-electron chi connectivity index (χ3n) is 3.55. The Morgan fingerprint density at radius 2 is 2.10 bits per heavy atom. The van der Waals surface area contributed by atoms with E-state index in [-0.39, 0.29) is 11.4 Å². The molecule has 21 heavy (non-hydrogen) atoms. The zero-order chi connectivity index (χ0) is 16.0. The lowest BCUT2D eigenvalue weighted by atomic mass is 10.0. The van der Waals surface area contributed by atoms with E-state index < -0.39 is 16.0 Å². The molecule has 0 unspecified atom stereocenters. The zero-order valence-electron chi connectivity index (χ0n) is 13.4. The molecule has 0 saturated carbocycles. The lowest BCUT2D eigenvalue weighted by Crippen LogP contribution is -2.47. The number of hydrogen-bond acceptors (Lipinski definition) is 3. The quantitative estimate of drug-likeness (QED) is 0.842. The second-order valence-corrected chi connectivity index (χ2v) is 7.50. The standard InChI is InChI=1S/C16H25NO3S/c1-6-16(3,4)17-15(18)12(2)21(19)11-13-8-7-9-14(10-13)20-5/h7-10,12H,6,11H2,1-5H3,(H,17,18)/t12-,21+/m0/s1. The van der Waals surface area contributed by atoms with Crippen molar-refractivity contribution in [3.05, 3.63) is 29.8 Å². The van der Waals surface area contributed by atoms with Crippen LogP contribution in [0.3, 0.4) is 0 Å². The van der Waals surface area contributed by atoms with E-state index in [1.165, 1.54) is 0 Å². The summed E-state index contributed by atoms with van der Waals surface area (Å²) in [5, 5.41) is 2.40. The number of hydrogen-bond donors (Lipinski definition) is 1. The molecule has 0 aliphatic carbocycles. The number of ether oxygens (including phenoxy) is 1. The van der Waals surface area contributed by atoms with E-state index in [1.54, 1.807) is 14.0 Å². The molecule has 1 amide bonds. The SMILES string of the molecule is CCC(C)(C)NC(=O)[C@H](C)[S@](=O)Cc1cccc(OC)c1. The Hall–Kier alpha value is -1.36. The summed E-state index contributed by atoms with van der Waals surface area (Å²) in [6, 6.07) is 7.43. The van der Waals surface area contributed by atoms with Gasteiger partial charge < -0.3 is 10.1 Å². The van der Waals surface area contributed by atoms with Crippen LogP contribution in [-0.4, -0.2) is 28.0 Å². The van der Waals surface area contributed by atoms with Crippen LogP contribution >= 0.6 is 0 Å². The van der Waals surface area contributed by atoms with Gasteiger partial charge in [-0.2, -0.15) is 0 Å². The zero-order valence-corrected chi connectivity index (χ0v) is 14.3. The predicted octanol–water partition coefficient (Wildman–Crippen LogP) is 2.64. The van der Waals surface area contributed by atoms with E-state index in [0.717, 1.165) is 17.7 Å². The Labute approximate surface area is 129 Å². The van der Waals surface area contributed by atoms with Crippen LogP contribution in [0.2, 0.25) is 0 Å². The first kappa shape index (κ1) is 17.7. The fourth-order valence-electron chi connectivity index (χ4n) is 1.69. The van der Waals surface area contributed by atoms with E-state index >= 15 is 0 Å². The highest BCUT2D eigenvalue weighted by atomic mass is 32.2. The van der Waals surface area contributed by atoms with Gasteiger partial charge in [-0.05, 0) is 44.9 Å². The molecule has 5 heteroatoms. The number of nitrogens with one attached hydrogen (secondary N) is 1. The number of amides is 1. The molecule has 4 nitrogen and oxygen atoms in total. The topological polar surface area (TPSA) is 55.4 Å². The van der Waals surface area contributed by atoms with Gasteiger partial charge in [0.25, 0.3) is 0 Å². The van der Waals surface area contributed by atoms with Crippen LogP contribution < -0.4 is 10.1 Å². The maximum atomic E-state index is 12.3.